The number of nitrogens with zero attached hydrogens (tertiary/aromatic N) is 7. The van der Waals surface area contributed by atoms with E-state index in [0.29, 0.717) is 6.07 Å². The molecule has 0 aliphatic rings. The minimum absolute atomic E-state index is 0. The summed E-state index contributed by atoms with van der Waals surface area (Å²) >= 11 is 0. The van der Waals surface area contributed by atoms with Crippen molar-refractivity contribution in [1.29, 1.82) is 0 Å². The topological polar surface area (TPSA) is 549 Å². The molecule has 1 heterocycles. The van der Waals surface area contributed by atoms with E-state index in [0.717, 1.165) is 66.7 Å². The fourth-order valence-electron chi connectivity index (χ4n) is 6.01. The summed E-state index contributed by atoms with van der Waals surface area (Å²) in [6.07, 6.45) is 0. The Balaban J connectivity index is 0.00000672. The van der Waals surface area contributed by atoms with Crippen LogP contribution >= 0.6 is 0 Å². The van der Waals surface area contributed by atoms with Crippen molar-refractivity contribution in [3.8, 4) is 0 Å². The second-order valence-corrected chi connectivity index (χ2v) is 25.2. The van der Waals surface area contributed by atoms with Crippen LogP contribution in [0, 0.1) is 0 Å². The van der Waals surface area contributed by atoms with Gasteiger partial charge in [-0.15, -0.1) is 15.3 Å². The van der Waals surface area contributed by atoms with E-state index in [9.17, 15) is 81.7 Å². The number of nitrogens with one attached hydrogen (secondary N) is 3. The molecular weight excluding hydrogens is 1290 g/mol. The van der Waals surface area contributed by atoms with Crippen LogP contribution in [0.5, 0.6) is 0 Å². The van der Waals surface area contributed by atoms with Crippen LogP contribution in [0.2, 0.25) is 0 Å². The number of nitrogen functional groups attached to an aromatic ring is 2. The maximum absolute atomic E-state index is 12.7. The zero-order valence-corrected chi connectivity index (χ0v) is 58.5. The number of sulfone groups is 2. The van der Waals surface area contributed by atoms with Crippen molar-refractivity contribution in [2.45, 2.75) is 24.5 Å². The van der Waals surface area contributed by atoms with Gasteiger partial charge in [-0.1, -0.05) is 6.07 Å². The smallest absolute Gasteiger partial charge is 0.744 e. The number of azo groups is 2. The number of benzene rings is 5. The summed E-state index contributed by atoms with van der Waals surface area (Å²) in [5.41, 5.74) is 8.15. The first-order valence-corrected chi connectivity index (χ1v) is 30.4. The molecule has 7 N–H and O–H groups in total. The van der Waals surface area contributed by atoms with Crippen LogP contribution in [-0.2, 0) is 79.2 Å². The molecule has 0 spiro atoms. The first-order chi connectivity index (χ1) is 35.6. The minimum atomic E-state index is -5.49. The molecule has 0 atom stereocenters. The Kier molecular flexibility index (Phi) is 29.9. The Bertz CT molecular complexity index is 4180. The van der Waals surface area contributed by atoms with E-state index in [1.807, 2.05) is 0 Å². The quantitative estimate of drug-likeness (QED) is 0.0131. The molecule has 0 unspecified atom stereocenters. The molecule has 0 amide bonds. The van der Waals surface area contributed by atoms with Crippen molar-refractivity contribution in [3.05, 3.63) is 97.1 Å². The van der Waals surface area contributed by atoms with Crippen molar-refractivity contribution in [2.75, 3.05) is 52.1 Å². The molecule has 1 aromatic heterocycles. The van der Waals surface area contributed by atoms with Gasteiger partial charge in [0, 0.05) is 17.1 Å². The minimum Gasteiger partial charge on any atom is -0.744 e. The Morgan fingerprint density at radius 3 is 1.30 bits per heavy atom. The van der Waals surface area contributed by atoms with Gasteiger partial charge in [0.1, 0.15) is 47.4 Å². The van der Waals surface area contributed by atoms with Crippen LogP contribution in [0.1, 0.15) is 0 Å². The van der Waals surface area contributed by atoms with Crippen molar-refractivity contribution in [3.63, 3.8) is 0 Å². The van der Waals surface area contributed by atoms with Gasteiger partial charge in [0.2, 0.25) is 38.6 Å². The molecular formula is C37H31N12Na5O21S7. The summed E-state index contributed by atoms with van der Waals surface area (Å²) in [5.74, 6) is -2.95. The van der Waals surface area contributed by atoms with Gasteiger partial charge in [0.25, 0.3) is 0 Å². The van der Waals surface area contributed by atoms with E-state index >= 15 is 0 Å². The van der Waals surface area contributed by atoms with Gasteiger partial charge < -0.3 is 50.2 Å². The predicted molar refractivity (Wildman–Crippen MR) is 258 cm³/mol. The van der Waals surface area contributed by atoms with E-state index in [1.165, 1.54) is 24.3 Å². The van der Waals surface area contributed by atoms with Crippen LogP contribution in [0.3, 0.4) is 0 Å². The van der Waals surface area contributed by atoms with Crippen LogP contribution in [0.15, 0.2) is 142 Å². The van der Waals surface area contributed by atoms with Crippen LogP contribution in [0.25, 0.3) is 0 Å². The molecule has 0 saturated heterocycles. The van der Waals surface area contributed by atoms with Gasteiger partial charge >= 0.3 is 148 Å². The molecule has 0 aliphatic carbocycles. The Labute approximate surface area is 578 Å². The van der Waals surface area contributed by atoms with E-state index < -0.39 is 145 Å². The molecule has 33 nitrogen and oxygen atoms in total. The van der Waals surface area contributed by atoms with Crippen LogP contribution in [0.4, 0.5) is 69.0 Å². The third kappa shape index (κ3) is 23.1. The summed E-state index contributed by atoms with van der Waals surface area (Å²) in [6, 6.07) is 16.4. The Morgan fingerprint density at radius 2 is 0.854 bits per heavy atom. The maximum Gasteiger partial charge on any atom is 1.00 e. The molecule has 82 heavy (non-hydrogen) atoms. The number of hydrogen-bond acceptors (Lipinski definition) is 33. The Morgan fingerprint density at radius 1 is 0.427 bits per heavy atom. The molecule has 6 rings (SSSR count). The molecule has 6 aromatic rings. The molecule has 0 aliphatic heterocycles. The van der Waals surface area contributed by atoms with Gasteiger partial charge in [-0.25, -0.2) is 58.9 Å². The zero-order chi connectivity index (χ0) is 56.9. The summed E-state index contributed by atoms with van der Waals surface area (Å²) < 4.78 is 232. The third-order valence-corrected chi connectivity index (χ3v) is 16.3. The number of hydrogen-bond donors (Lipinski definition) is 5. The second kappa shape index (κ2) is 31.5. The van der Waals surface area contributed by atoms with Gasteiger partial charge in [0.15, 0.2) is 19.7 Å². The molecule has 0 bridgehead atoms. The van der Waals surface area contributed by atoms with Crippen molar-refractivity contribution >= 4 is 140 Å². The average Bonchev–Trinajstić information content (AvgIpc) is 3.29. The number of aromatic nitrogens is 3. The molecule has 0 radical (unpaired) electrons. The largest absolute Gasteiger partial charge is 1.00 e. The van der Waals surface area contributed by atoms with Crippen molar-refractivity contribution in [2.24, 2.45) is 20.5 Å². The van der Waals surface area contributed by atoms with E-state index in [4.69, 9.17) is 11.5 Å². The standard InChI is InChI=1S/C37H36N12O21S7.5Na/c38-32-29(20-31(75(60,61)62)33(39)34(32)49-46-22-6-11-26(12-7-22)72(52,53)17-15-70-77(66,67)68)48-47-28-19-24(8-13-30(28)74(57,58)59)42-37-44-35(43-36(45-37)41-23-2-1-3-27(18-23)73(54,55)56)40-21-4-9-25(10-5-21)71(50,51)16-14-69-76(63,64)65;;;;;/h1-13,18-20H,14-17,38-39H2,(H,54,55,56)(H,57,58,59)(H,60,61,62)(H,63,64,65)(H,66,67,68)(H3,40,41,42,43,44,45);;;;;/q;5*+1/p-5. The first kappa shape index (κ1) is 77.7. The summed E-state index contributed by atoms with van der Waals surface area (Å²) in [4.78, 5) is 8.99. The van der Waals surface area contributed by atoms with Crippen LogP contribution < -0.4 is 175 Å². The van der Waals surface area contributed by atoms with Gasteiger partial charge in [-0.2, -0.15) is 20.1 Å². The summed E-state index contributed by atoms with van der Waals surface area (Å²) in [6.45, 7) is -1.96. The molecule has 5 aromatic carbocycles. The summed E-state index contributed by atoms with van der Waals surface area (Å²) in [7, 11) is -34.6. The fourth-order valence-corrected chi connectivity index (χ4v) is 10.7. The molecule has 45 heteroatoms. The van der Waals surface area contributed by atoms with E-state index in [-0.39, 0.29) is 192 Å². The zero-order valence-electron chi connectivity index (χ0n) is 42.8. The normalized spacial score (nSPS) is 12.2. The van der Waals surface area contributed by atoms with E-state index in [1.54, 1.807) is 0 Å². The second-order valence-electron chi connectivity index (χ2n) is 14.8. The first-order valence-electron chi connectivity index (χ1n) is 20.2. The average molecular weight is 1320 g/mol. The number of rotatable bonds is 23. The number of anilines is 8. The SMILES string of the molecule is Nc1c(N=Nc2cc(Nc3nc(Nc4ccc(S(=O)(=O)CCOS(=O)(=O)[O-])cc4)nc(Nc4cccc(S(=O)(=O)[O-])c4)n3)ccc2S(=O)(=O)[O-])cc(S(=O)(=O)[O-])c(N)c1N=Nc1ccc(S(=O)(=O)CCOS(=O)(=O)[O-])cc1.[Na+].[Na+].[Na+].[Na+].[Na+]. The summed E-state index contributed by atoms with van der Waals surface area (Å²) in [5, 5.41) is 23.2. The molecule has 412 valence electrons. The van der Waals surface area contributed by atoms with Gasteiger partial charge in [0.05, 0.1) is 66.3 Å². The molecule has 0 fully saturated rings. The monoisotopic (exact) mass is 1320 g/mol. The van der Waals surface area contributed by atoms with Crippen LogP contribution in [-0.4, -0.2) is 121 Å². The van der Waals surface area contributed by atoms with E-state index in [2.05, 4.69) is 59.7 Å². The van der Waals surface area contributed by atoms with Crippen molar-refractivity contribution in [1.82, 2.24) is 15.0 Å². The predicted octanol–water partition coefficient (Wildman–Crippen LogP) is -12.7. The van der Waals surface area contributed by atoms with Crippen molar-refractivity contribution < 1.29 is 238 Å². The third-order valence-electron chi connectivity index (χ3n) is 9.44. The van der Waals surface area contributed by atoms with Gasteiger partial charge in [-0.05, 0) is 91.0 Å². The maximum atomic E-state index is 12.7. The van der Waals surface area contributed by atoms with Gasteiger partial charge in [-0.3, -0.25) is 8.37 Å². The fraction of sp³-hybridized carbons (Fsp3) is 0.108. The molecule has 0 saturated carbocycles. The number of nitrogens with two attached hydrogens (primary N) is 2. The Hall–Kier alpha value is -2.32.